The molecule has 0 heterocycles. The minimum absolute atomic E-state index is 0.273. The molecule has 0 aromatic heterocycles. The van der Waals surface area contributed by atoms with Crippen molar-refractivity contribution in [2.75, 3.05) is 48.7 Å². The highest BCUT2D eigenvalue weighted by atomic mass is 16.5. The maximum absolute atomic E-state index is 12.7. The Labute approximate surface area is 266 Å². The van der Waals surface area contributed by atoms with Crippen molar-refractivity contribution >= 4 is 46.8 Å². The zero-order chi connectivity index (χ0) is 33.1. The SMILES string of the molecule is CCOC(=O)c1ccc(NC(=O)Nc2ccc(-c3ccc(NC(=O)Nc4ccc(C(=O)OCC)cc4)c(OC)c3)cc2OC)cc1. The molecule has 4 aromatic rings. The van der Waals surface area contributed by atoms with Crippen LogP contribution in [-0.4, -0.2) is 51.4 Å². The lowest BCUT2D eigenvalue weighted by atomic mass is 10.0. The second kappa shape index (κ2) is 15.6. The molecular formula is C34H34N4O8. The Balaban J connectivity index is 1.40. The molecule has 0 aliphatic rings. The Morgan fingerprint density at radius 2 is 0.891 bits per heavy atom. The van der Waals surface area contributed by atoms with Crippen molar-refractivity contribution in [3.8, 4) is 22.6 Å². The molecule has 0 atom stereocenters. The quantitative estimate of drug-likeness (QED) is 0.130. The Hall–Kier alpha value is -6.04. The number of carbonyl (C=O) groups is 4. The summed E-state index contributed by atoms with van der Waals surface area (Å²) in [6.45, 7) is 4.00. The van der Waals surface area contributed by atoms with E-state index in [1.54, 1.807) is 98.8 Å². The average Bonchev–Trinajstić information content (AvgIpc) is 3.06. The van der Waals surface area contributed by atoms with Gasteiger partial charge in [0.1, 0.15) is 11.5 Å². The predicted octanol–water partition coefficient (Wildman–Crippen LogP) is 7.01. The van der Waals surface area contributed by atoms with Gasteiger partial charge in [-0.2, -0.15) is 0 Å². The minimum Gasteiger partial charge on any atom is -0.495 e. The molecule has 0 radical (unpaired) electrons. The largest absolute Gasteiger partial charge is 0.495 e. The Morgan fingerprint density at radius 3 is 1.22 bits per heavy atom. The number of hydrogen-bond acceptors (Lipinski definition) is 8. The van der Waals surface area contributed by atoms with E-state index in [4.69, 9.17) is 18.9 Å². The fourth-order valence-electron chi connectivity index (χ4n) is 4.33. The van der Waals surface area contributed by atoms with Gasteiger partial charge in [0.15, 0.2) is 0 Å². The van der Waals surface area contributed by atoms with Gasteiger partial charge in [-0.3, -0.25) is 0 Å². The number of methoxy groups -OCH3 is 2. The number of esters is 2. The van der Waals surface area contributed by atoms with Crippen molar-refractivity contribution in [1.29, 1.82) is 0 Å². The smallest absolute Gasteiger partial charge is 0.338 e. The summed E-state index contributed by atoms with van der Waals surface area (Å²) in [5, 5.41) is 11.0. The topological polar surface area (TPSA) is 153 Å². The second-order valence-corrected chi connectivity index (χ2v) is 9.58. The van der Waals surface area contributed by atoms with Crippen LogP contribution in [0.25, 0.3) is 11.1 Å². The molecular weight excluding hydrogens is 592 g/mol. The van der Waals surface area contributed by atoms with Crippen molar-refractivity contribution in [2.24, 2.45) is 0 Å². The second-order valence-electron chi connectivity index (χ2n) is 9.58. The van der Waals surface area contributed by atoms with E-state index in [9.17, 15) is 19.2 Å². The fraction of sp³-hybridized carbons (Fsp3) is 0.176. The first kappa shape index (κ1) is 32.9. The maximum atomic E-state index is 12.7. The van der Waals surface area contributed by atoms with E-state index in [0.29, 0.717) is 45.4 Å². The predicted molar refractivity (Wildman–Crippen MR) is 175 cm³/mol. The van der Waals surface area contributed by atoms with Crippen LogP contribution in [0.3, 0.4) is 0 Å². The van der Waals surface area contributed by atoms with Gasteiger partial charge < -0.3 is 40.2 Å². The normalized spacial score (nSPS) is 10.3. The Bertz CT molecular complexity index is 1580. The van der Waals surface area contributed by atoms with Gasteiger partial charge in [0.2, 0.25) is 0 Å². The van der Waals surface area contributed by atoms with Gasteiger partial charge >= 0.3 is 24.0 Å². The summed E-state index contributed by atoms with van der Waals surface area (Å²) in [6, 6.07) is 22.2. The molecule has 12 heteroatoms. The van der Waals surface area contributed by atoms with E-state index in [1.807, 2.05) is 0 Å². The van der Waals surface area contributed by atoms with Crippen molar-refractivity contribution in [2.45, 2.75) is 13.8 Å². The van der Waals surface area contributed by atoms with Gasteiger partial charge in [-0.15, -0.1) is 0 Å². The Morgan fingerprint density at radius 1 is 0.522 bits per heavy atom. The number of rotatable bonds is 11. The number of benzene rings is 4. The average molecular weight is 627 g/mol. The molecule has 0 aliphatic carbocycles. The first-order valence-electron chi connectivity index (χ1n) is 14.3. The van der Waals surface area contributed by atoms with E-state index in [1.165, 1.54) is 14.2 Å². The van der Waals surface area contributed by atoms with Crippen LogP contribution in [0, 0.1) is 0 Å². The lowest BCUT2D eigenvalue weighted by Gasteiger charge is -2.15. The van der Waals surface area contributed by atoms with E-state index in [-0.39, 0.29) is 13.2 Å². The third-order valence-corrected chi connectivity index (χ3v) is 6.54. The zero-order valence-electron chi connectivity index (χ0n) is 25.8. The summed E-state index contributed by atoms with van der Waals surface area (Å²) in [4.78, 5) is 49.0. The maximum Gasteiger partial charge on any atom is 0.338 e. The lowest BCUT2D eigenvalue weighted by molar-refractivity contribution is 0.0517. The number of hydrogen-bond donors (Lipinski definition) is 4. The van der Waals surface area contributed by atoms with E-state index in [2.05, 4.69) is 21.3 Å². The summed E-state index contributed by atoms with van der Waals surface area (Å²) in [5.41, 5.74) is 4.15. The van der Waals surface area contributed by atoms with Crippen LogP contribution >= 0.6 is 0 Å². The molecule has 4 N–H and O–H groups in total. The van der Waals surface area contributed by atoms with Crippen LogP contribution in [0.1, 0.15) is 34.6 Å². The van der Waals surface area contributed by atoms with Gasteiger partial charge in [-0.05, 0) is 97.8 Å². The standard InChI is InChI=1S/C34H34N4O8/c1-5-45-31(39)21-7-13-25(14-8-21)35-33(41)37-27-17-11-23(19-29(27)43-3)24-12-18-28(30(20-24)44-4)38-34(42)36-26-15-9-22(10-16-26)32(40)46-6-2/h7-20H,5-6H2,1-4H3,(H2,35,37,41)(H2,36,38,42). The third kappa shape index (κ3) is 8.53. The highest BCUT2D eigenvalue weighted by molar-refractivity contribution is 6.02. The molecule has 4 rings (SSSR count). The molecule has 238 valence electrons. The molecule has 4 amide bonds. The summed E-state index contributed by atoms with van der Waals surface area (Å²) >= 11 is 0. The van der Waals surface area contributed by atoms with Crippen molar-refractivity contribution < 1.29 is 38.1 Å². The van der Waals surface area contributed by atoms with Crippen molar-refractivity contribution in [3.05, 3.63) is 96.1 Å². The minimum atomic E-state index is -0.500. The summed E-state index contributed by atoms with van der Waals surface area (Å²) in [7, 11) is 2.99. The molecule has 0 unspecified atom stereocenters. The monoisotopic (exact) mass is 626 g/mol. The van der Waals surface area contributed by atoms with Crippen molar-refractivity contribution in [1.82, 2.24) is 0 Å². The molecule has 12 nitrogen and oxygen atoms in total. The van der Waals surface area contributed by atoms with Gasteiger partial charge in [-0.25, -0.2) is 19.2 Å². The highest BCUT2D eigenvalue weighted by Gasteiger charge is 2.14. The van der Waals surface area contributed by atoms with Gasteiger partial charge in [-0.1, -0.05) is 12.1 Å². The fourth-order valence-corrected chi connectivity index (χ4v) is 4.33. The zero-order valence-corrected chi connectivity index (χ0v) is 25.8. The van der Waals surface area contributed by atoms with E-state index in [0.717, 1.165) is 11.1 Å². The molecule has 46 heavy (non-hydrogen) atoms. The summed E-state index contributed by atoms with van der Waals surface area (Å²) in [6.07, 6.45) is 0. The van der Waals surface area contributed by atoms with Crippen molar-refractivity contribution in [3.63, 3.8) is 0 Å². The van der Waals surface area contributed by atoms with E-state index >= 15 is 0 Å². The number of nitrogens with one attached hydrogen (secondary N) is 4. The molecule has 0 saturated heterocycles. The van der Waals surface area contributed by atoms with Crippen LogP contribution in [0.2, 0.25) is 0 Å². The molecule has 4 aromatic carbocycles. The number of carbonyl (C=O) groups excluding carboxylic acids is 4. The first-order chi connectivity index (χ1) is 22.2. The molecule has 0 aliphatic heterocycles. The number of ether oxygens (including phenoxy) is 4. The van der Waals surface area contributed by atoms with E-state index < -0.39 is 24.0 Å². The lowest BCUT2D eigenvalue weighted by Crippen LogP contribution is -2.20. The van der Waals surface area contributed by atoms with Crippen LogP contribution in [0.5, 0.6) is 11.5 Å². The number of anilines is 4. The number of amides is 4. The molecule has 0 fully saturated rings. The third-order valence-electron chi connectivity index (χ3n) is 6.54. The summed E-state index contributed by atoms with van der Waals surface area (Å²) in [5.74, 6) is -0.0402. The highest BCUT2D eigenvalue weighted by Crippen LogP contribution is 2.35. The molecule has 0 spiro atoms. The summed E-state index contributed by atoms with van der Waals surface area (Å²) < 4.78 is 21.0. The number of urea groups is 2. The van der Waals surface area contributed by atoms with Crippen LogP contribution in [-0.2, 0) is 9.47 Å². The Kier molecular flexibility index (Phi) is 11.2. The van der Waals surface area contributed by atoms with Crippen LogP contribution < -0.4 is 30.7 Å². The van der Waals surface area contributed by atoms with Gasteiger partial charge in [0.05, 0.1) is 49.9 Å². The van der Waals surface area contributed by atoms with Crippen LogP contribution in [0.4, 0.5) is 32.3 Å². The molecule has 0 saturated carbocycles. The molecule has 0 bridgehead atoms. The van der Waals surface area contributed by atoms with Crippen LogP contribution in [0.15, 0.2) is 84.9 Å². The first-order valence-corrected chi connectivity index (χ1v) is 14.3. The van der Waals surface area contributed by atoms with Gasteiger partial charge in [0.25, 0.3) is 0 Å². The van der Waals surface area contributed by atoms with Gasteiger partial charge in [0, 0.05) is 11.4 Å².